The summed E-state index contributed by atoms with van der Waals surface area (Å²) in [5.41, 5.74) is 4.66. The number of hydrogen-bond acceptors (Lipinski definition) is 4. The van der Waals surface area contributed by atoms with Crippen molar-refractivity contribution in [2.45, 2.75) is 70.9 Å². The number of methoxy groups -OCH3 is 1. The fraction of sp³-hybridized carbons (Fsp3) is 0.462. The molecule has 2 aromatic rings. The molecule has 164 valence electrons. The highest BCUT2D eigenvalue weighted by Gasteiger charge is 2.39. The minimum absolute atomic E-state index is 0.254. The molecule has 0 saturated carbocycles. The van der Waals surface area contributed by atoms with Gasteiger partial charge in [-0.15, -0.1) is 0 Å². The van der Waals surface area contributed by atoms with E-state index in [1.165, 1.54) is 5.56 Å². The molecule has 0 radical (unpaired) electrons. The second-order valence-corrected chi connectivity index (χ2v) is 10.4. The van der Waals surface area contributed by atoms with E-state index in [4.69, 9.17) is 14.5 Å². The van der Waals surface area contributed by atoms with Crippen molar-refractivity contribution in [3.05, 3.63) is 58.1 Å². The third kappa shape index (κ3) is 3.60. The van der Waals surface area contributed by atoms with Crippen molar-refractivity contribution < 1.29 is 19.4 Å². The molecule has 2 heterocycles. The fourth-order valence-electron chi connectivity index (χ4n) is 4.60. The first kappa shape index (κ1) is 21.4. The van der Waals surface area contributed by atoms with Gasteiger partial charge in [-0.25, -0.2) is 0 Å². The van der Waals surface area contributed by atoms with Crippen molar-refractivity contribution in [3.63, 3.8) is 0 Å². The smallest absolute Gasteiger partial charge is 0.313 e. The predicted molar refractivity (Wildman–Crippen MR) is 122 cm³/mol. The second kappa shape index (κ2) is 6.84. The maximum Gasteiger partial charge on any atom is 0.313 e. The zero-order chi connectivity index (χ0) is 22.8. The minimum atomic E-state index is -0.948. The average molecular weight is 422 g/mol. The molecule has 0 aromatic heterocycles. The topological polar surface area (TPSA) is 68.1 Å². The second-order valence-electron chi connectivity index (χ2n) is 10.4. The summed E-state index contributed by atoms with van der Waals surface area (Å²) < 4.78 is 11.9. The first-order valence-corrected chi connectivity index (χ1v) is 10.7. The van der Waals surface area contributed by atoms with Crippen LogP contribution in [-0.2, 0) is 23.1 Å². The van der Waals surface area contributed by atoms with Crippen molar-refractivity contribution in [2.75, 3.05) is 7.11 Å². The molecular weight excluding hydrogens is 390 g/mol. The largest absolute Gasteiger partial charge is 0.493 e. The lowest BCUT2D eigenvalue weighted by atomic mass is 9.80. The van der Waals surface area contributed by atoms with Gasteiger partial charge in [-0.1, -0.05) is 24.3 Å². The van der Waals surface area contributed by atoms with E-state index in [0.717, 1.165) is 52.3 Å². The lowest BCUT2D eigenvalue weighted by Crippen LogP contribution is -2.31. The molecule has 0 amide bonds. The molecule has 31 heavy (non-hydrogen) atoms. The standard InChI is InChI=1S/C26H31NO4/c1-24(2)13-16-12-19(30-7)22-18(14-25(3,4)31-22)20(16)21(27-24)15-8-10-17(11-9-15)26(5,6)23(28)29/h8-12H,13-14H2,1-7H3,(H,28,29). The van der Waals surface area contributed by atoms with Gasteiger partial charge < -0.3 is 14.6 Å². The van der Waals surface area contributed by atoms with Crippen LogP contribution in [0.4, 0.5) is 0 Å². The van der Waals surface area contributed by atoms with Gasteiger partial charge in [-0.05, 0) is 65.2 Å². The number of carbonyl (C=O) groups is 1. The Balaban J connectivity index is 1.88. The van der Waals surface area contributed by atoms with Crippen molar-refractivity contribution in [3.8, 4) is 11.5 Å². The number of aliphatic carboxylic acids is 1. The van der Waals surface area contributed by atoms with E-state index in [0.29, 0.717) is 0 Å². The highest BCUT2D eigenvalue weighted by atomic mass is 16.5. The van der Waals surface area contributed by atoms with E-state index in [1.54, 1.807) is 21.0 Å². The summed E-state index contributed by atoms with van der Waals surface area (Å²) in [6, 6.07) is 9.87. The molecule has 0 spiro atoms. The lowest BCUT2D eigenvalue weighted by molar-refractivity contribution is -0.142. The quantitative estimate of drug-likeness (QED) is 0.759. The summed E-state index contributed by atoms with van der Waals surface area (Å²) in [5.74, 6) is 0.739. The van der Waals surface area contributed by atoms with Crippen molar-refractivity contribution in [2.24, 2.45) is 4.99 Å². The zero-order valence-corrected chi connectivity index (χ0v) is 19.4. The number of ether oxygens (including phenoxy) is 2. The third-order valence-corrected chi connectivity index (χ3v) is 6.32. The molecule has 0 aliphatic carbocycles. The number of carboxylic acid groups (broad SMARTS) is 1. The fourth-order valence-corrected chi connectivity index (χ4v) is 4.60. The van der Waals surface area contributed by atoms with Crippen LogP contribution in [0.3, 0.4) is 0 Å². The molecule has 2 aromatic carbocycles. The number of rotatable bonds is 4. The Bertz CT molecular complexity index is 1090. The molecule has 0 saturated heterocycles. The summed E-state index contributed by atoms with van der Waals surface area (Å²) in [4.78, 5) is 16.8. The molecule has 5 nitrogen and oxygen atoms in total. The molecule has 2 aliphatic rings. The monoisotopic (exact) mass is 421 g/mol. The Hall–Kier alpha value is -2.82. The van der Waals surface area contributed by atoms with E-state index in [1.807, 2.05) is 24.3 Å². The van der Waals surface area contributed by atoms with Gasteiger partial charge in [0.1, 0.15) is 5.60 Å². The molecule has 0 fully saturated rings. The molecule has 0 unspecified atom stereocenters. The van der Waals surface area contributed by atoms with Crippen LogP contribution in [0.1, 0.15) is 69.4 Å². The molecule has 5 heteroatoms. The Morgan fingerprint density at radius 1 is 1.13 bits per heavy atom. The van der Waals surface area contributed by atoms with Gasteiger partial charge in [0, 0.05) is 23.1 Å². The first-order chi connectivity index (χ1) is 14.3. The third-order valence-electron chi connectivity index (χ3n) is 6.32. The molecule has 4 rings (SSSR count). The number of hydrogen-bond donors (Lipinski definition) is 1. The van der Waals surface area contributed by atoms with Gasteiger partial charge in [0.15, 0.2) is 11.5 Å². The van der Waals surface area contributed by atoms with Crippen LogP contribution < -0.4 is 9.47 Å². The van der Waals surface area contributed by atoms with E-state index in [9.17, 15) is 9.90 Å². The van der Waals surface area contributed by atoms with Crippen molar-refractivity contribution in [1.82, 2.24) is 0 Å². The zero-order valence-electron chi connectivity index (χ0n) is 19.4. The van der Waals surface area contributed by atoms with Crippen LogP contribution in [0.2, 0.25) is 0 Å². The van der Waals surface area contributed by atoms with E-state index in [2.05, 4.69) is 33.8 Å². The van der Waals surface area contributed by atoms with E-state index < -0.39 is 11.4 Å². The maximum atomic E-state index is 11.7. The maximum absolute atomic E-state index is 11.7. The lowest BCUT2D eigenvalue weighted by Gasteiger charge is -2.31. The highest BCUT2D eigenvalue weighted by molar-refractivity contribution is 6.16. The highest BCUT2D eigenvalue weighted by Crippen LogP contribution is 2.47. The molecular formula is C26H31NO4. The SMILES string of the molecule is COc1cc2c(c3c1OC(C)(C)C3)C(c1ccc(C(C)(C)C(=O)O)cc1)=NC(C)(C)C2. The normalized spacial score (nSPS) is 18.5. The number of benzene rings is 2. The number of aliphatic imine (C=N–C) groups is 1. The summed E-state index contributed by atoms with van der Waals surface area (Å²) in [6.07, 6.45) is 1.60. The van der Waals surface area contributed by atoms with Crippen LogP contribution >= 0.6 is 0 Å². The van der Waals surface area contributed by atoms with Gasteiger partial charge in [-0.2, -0.15) is 0 Å². The Morgan fingerprint density at radius 2 is 1.77 bits per heavy atom. The van der Waals surface area contributed by atoms with Crippen LogP contribution in [-0.4, -0.2) is 35.0 Å². The van der Waals surface area contributed by atoms with Crippen molar-refractivity contribution in [1.29, 1.82) is 0 Å². The Morgan fingerprint density at radius 3 is 2.35 bits per heavy atom. The van der Waals surface area contributed by atoms with Gasteiger partial charge in [0.25, 0.3) is 0 Å². The Kier molecular flexibility index (Phi) is 4.73. The minimum Gasteiger partial charge on any atom is -0.493 e. The van der Waals surface area contributed by atoms with Crippen LogP contribution in [0.5, 0.6) is 11.5 Å². The van der Waals surface area contributed by atoms with Crippen LogP contribution in [0, 0.1) is 0 Å². The Labute approximate surface area is 184 Å². The molecule has 0 bridgehead atoms. The first-order valence-electron chi connectivity index (χ1n) is 10.7. The summed E-state index contributed by atoms with van der Waals surface area (Å²) >= 11 is 0. The van der Waals surface area contributed by atoms with Gasteiger partial charge in [-0.3, -0.25) is 9.79 Å². The molecule has 1 N–H and O–H groups in total. The van der Waals surface area contributed by atoms with Gasteiger partial charge in [0.2, 0.25) is 0 Å². The molecule has 2 aliphatic heterocycles. The predicted octanol–water partition coefficient (Wildman–Crippen LogP) is 4.94. The van der Waals surface area contributed by atoms with E-state index >= 15 is 0 Å². The average Bonchev–Trinajstić information content (AvgIpc) is 3.00. The van der Waals surface area contributed by atoms with Gasteiger partial charge >= 0.3 is 5.97 Å². The summed E-state index contributed by atoms with van der Waals surface area (Å²) in [6.45, 7) is 11.9. The van der Waals surface area contributed by atoms with Crippen molar-refractivity contribution >= 4 is 11.7 Å². The summed E-state index contributed by atoms with van der Waals surface area (Å²) in [5, 5.41) is 9.57. The summed E-state index contributed by atoms with van der Waals surface area (Å²) in [7, 11) is 1.68. The number of fused-ring (bicyclic) bond motifs is 3. The number of nitrogens with zero attached hydrogens (tertiary/aromatic N) is 1. The van der Waals surface area contributed by atoms with Crippen LogP contribution in [0.25, 0.3) is 0 Å². The van der Waals surface area contributed by atoms with Gasteiger partial charge in [0.05, 0.1) is 23.8 Å². The van der Waals surface area contributed by atoms with E-state index in [-0.39, 0.29) is 11.1 Å². The molecule has 0 atom stereocenters. The number of carboxylic acids is 1. The van der Waals surface area contributed by atoms with Crippen LogP contribution in [0.15, 0.2) is 35.3 Å².